The lowest BCUT2D eigenvalue weighted by molar-refractivity contribution is -0.147. The van der Waals surface area contributed by atoms with E-state index in [1.54, 1.807) is 0 Å². The molecule has 0 unspecified atom stereocenters. The van der Waals surface area contributed by atoms with Crippen LogP contribution in [0.15, 0.2) is 18.2 Å². The molecule has 1 aliphatic carbocycles. The molecule has 1 aromatic carbocycles. The molecule has 0 aliphatic heterocycles. The second kappa shape index (κ2) is 6.07. The summed E-state index contributed by atoms with van der Waals surface area (Å²) >= 11 is 0. The molecule has 0 spiro atoms. The molecule has 0 aromatic heterocycles. The number of anilines is 1. The molecule has 1 saturated carbocycles. The van der Waals surface area contributed by atoms with Crippen molar-refractivity contribution in [1.82, 2.24) is 0 Å². The summed E-state index contributed by atoms with van der Waals surface area (Å²) in [5, 5.41) is 12.1. The maximum atomic E-state index is 12.4. The summed E-state index contributed by atoms with van der Waals surface area (Å²) in [7, 11) is 0. The van der Waals surface area contributed by atoms with Gasteiger partial charge in [-0.2, -0.15) is 0 Å². The number of aryl methyl sites for hydroxylation is 2. The second-order valence-electron chi connectivity index (χ2n) is 5.64. The largest absolute Gasteiger partial charge is 0.481 e. The SMILES string of the molecule is Cc1ccc(C)c(NC(=O)[C@H]2CCCC[C@@H]2C(=O)O)c1. The van der Waals surface area contributed by atoms with E-state index in [-0.39, 0.29) is 5.91 Å². The van der Waals surface area contributed by atoms with Crippen molar-refractivity contribution < 1.29 is 14.7 Å². The van der Waals surface area contributed by atoms with Crippen LogP contribution in [0, 0.1) is 25.7 Å². The van der Waals surface area contributed by atoms with Crippen LogP contribution < -0.4 is 5.32 Å². The molecular weight excluding hydrogens is 254 g/mol. The number of carboxylic acids is 1. The summed E-state index contributed by atoms with van der Waals surface area (Å²) in [5.41, 5.74) is 2.85. The molecule has 0 bridgehead atoms. The highest BCUT2D eigenvalue weighted by molar-refractivity contribution is 5.95. The average Bonchev–Trinajstić information content (AvgIpc) is 2.42. The van der Waals surface area contributed by atoms with Gasteiger partial charge in [-0.05, 0) is 43.9 Å². The third-order valence-electron chi connectivity index (χ3n) is 4.07. The summed E-state index contributed by atoms with van der Waals surface area (Å²) in [6.07, 6.45) is 3.08. The van der Waals surface area contributed by atoms with Crippen molar-refractivity contribution in [2.45, 2.75) is 39.5 Å². The molecular formula is C16H21NO3. The van der Waals surface area contributed by atoms with Crippen molar-refractivity contribution in [3.05, 3.63) is 29.3 Å². The van der Waals surface area contributed by atoms with E-state index in [9.17, 15) is 14.7 Å². The van der Waals surface area contributed by atoms with E-state index < -0.39 is 17.8 Å². The number of aliphatic carboxylic acids is 1. The monoisotopic (exact) mass is 275 g/mol. The number of carbonyl (C=O) groups is 2. The van der Waals surface area contributed by atoms with E-state index in [1.807, 2.05) is 32.0 Å². The second-order valence-corrected chi connectivity index (χ2v) is 5.64. The number of carboxylic acid groups (broad SMARTS) is 1. The van der Waals surface area contributed by atoms with E-state index in [0.29, 0.717) is 12.8 Å². The third-order valence-corrected chi connectivity index (χ3v) is 4.07. The molecule has 1 amide bonds. The number of benzene rings is 1. The molecule has 20 heavy (non-hydrogen) atoms. The van der Waals surface area contributed by atoms with Crippen molar-refractivity contribution in [1.29, 1.82) is 0 Å². The van der Waals surface area contributed by atoms with Crippen LogP contribution in [-0.4, -0.2) is 17.0 Å². The van der Waals surface area contributed by atoms with Gasteiger partial charge in [0.25, 0.3) is 0 Å². The minimum absolute atomic E-state index is 0.161. The molecule has 0 radical (unpaired) electrons. The molecule has 2 rings (SSSR count). The zero-order valence-corrected chi connectivity index (χ0v) is 12.0. The van der Waals surface area contributed by atoms with E-state index in [1.165, 1.54) is 0 Å². The smallest absolute Gasteiger partial charge is 0.307 e. The molecule has 0 heterocycles. The first kappa shape index (κ1) is 14.6. The van der Waals surface area contributed by atoms with Crippen LogP contribution in [0.2, 0.25) is 0 Å². The molecule has 0 saturated heterocycles. The van der Waals surface area contributed by atoms with Gasteiger partial charge in [0.05, 0.1) is 11.8 Å². The Morgan fingerprint density at radius 1 is 1.15 bits per heavy atom. The Bertz CT molecular complexity index is 524. The Kier molecular flexibility index (Phi) is 4.42. The molecule has 4 heteroatoms. The quantitative estimate of drug-likeness (QED) is 0.890. The highest BCUT2D eigenvalue weighted by Gasteiger charge is 2.35. The molecule has 2 atom stereocenters. The first-order valence-corrected chi connectivity index (χ1v) is 7.10. The van der Waals surface area contributed by atoms with Gasteiger partial charge in [0, 0.05) is 5.69 Å². The lowest BCUT2D eigenvalue weighted by Crippen LogP contribution is -2.36. The third kappa shape index (κ3) is 3.18. The Hall–Kier alpha value is -1.84. The van der Waals surface area contributed by atoms with Crippen molar-refractivity contribution in [2.24, 2.45) is 11.8 Å². The number of rotatable bonds is 3. The average molecular weight is 275 g/mol. The highest BCUT2D eigenvalue weighted by atomic mass is 16.4. The van der Waals surface area contributed by atoms with Gasteiger partial charge in [-0.25, -0.2) is 0 Å². The fourth-order valence-corrected chi connectivity index (χ4v) is 2.84. The first-order valence-electron chi connectivity index (χ1n) is 7.10. The molecule has 4 nitrogen and oxygen atoms in total. The zero-order chi connectivity index (χ0) is 14.7. The molecule has 2 N–H and O–H groups in total. The summed E-state index contributed by atoms with van der Waals surface area (Å²) in [4.78, 5) is 23.6. The number of hydrogen-bond acceptors (Lipinski definition) is 2. The van der Waals surface area contributed by atoms with Crippen LogP contribution >= 0.6 is 0 Å². The van der Waals surface area contributed by atoms with Gasteiger partial charge in [0.2, 0.25) is 5.91 Å². The van der Waals surface area contributed by atoms with Crippen LogP contribution in [0.3, 0.4) is 0 Å². The molecule has 108 valence electrons. The van der Waals surface area contributed by atoms with Crippen LogP contribution in [0.25, 0.3) is 0 Å². The van der Waals surface area contributed by atoms with Gasteiger partial charge in [-0.1, -0.05) is 25.0 Å². The summed E-state index contributed by atoms with van der Waals surface area (Å²) in [5.74, 6) is -1.98. The zero-order valence-electron chi connectivity index (χ0n) is 12.0. The lowest BCUT2D eigenvalue weighted by Gasteiger charge is -2.27. The fraction of sp³-hybridized carbons (Fsp3) is 0.500. The van der Waals surface area contributed by atoms with Crippen LogP contribution in [0.1, 0.15) is 36.8 Å². The first-order chi connectivity index (χ1) is 9.49. The van der Waals surface area contributed by atoms with Gasteiger partial charge in [-0.15, -0.1) is 0 Å². The summed E-state index contributed by atoms with van der Waals surface area (Å²) in [6.45, 7) is 3.90. The number of amides is 1. The maximum Gasteiger partial charge on any atom is 0.307 e. The fourth-order valence-electron chi connectivity index (χ4n) is 2.84. The van der Waals surface area contributed by atoms with Crippen LogP contribution in [-0.2, 0) is 9.59 Å². The van der Waals surface area contributed by atoms with Gasteiger partial charge in [-0.3, -0.25) is 9.59 Å². The van der Waals surface area contributed by atoms with Gasteiger partial charge >= 0.3 is 5.97 Å². The van der Waals surface area contributed by atoms with Crippen LogP contribution in [0.4, 0.5) is 5.69 Å². The molecule has 1 aliphatic rings. The van der Waals surface area contributed by atoms with Gasteiger partial charge in [0.15, 0.2) is 0 Å². The normalized spacial score (nSPS) is 22.3. The lowest BCUT2D eigenvalue weighted by atomic mass is 9.78. The van der Waals surface area contributed by atoms with Crippen molar-refractivity contribution in [3.63, 3.8) is 0 Å². The number of carbonyl (C=O) groups excluding carboxylic acids is 1. The van der Waals surface area contributed by atoms with E-state index in [2.05, 4.69) is 5.32 Å². The van der Waals surface area contributed by atoms with Crippen molar-refractivity contribution in [2.75, 3.05) is 5.32 Å². The van der Waals surface area contributed by atoms with E-state index >= 15 is 0 Å². The van der Waals surface area contributed by atoms with Gasteiger partial charge < -0.3 is 10.4 Å². The minimum atomic E-state index is -0.856. The van der Waals surface area contributed by atoms with Crippen molar-refractivity contribution >= 4 is 17.6 Å². The topological polar surface area (TPSA) is 66.4 Å². The van der Waals surface area contributed by atoms with Crippen molar-refractivity contribution in [3.8, 4) is 0 Å². The summed E-state index contributed by atoms with van der Waals surface area (Å²) < 4.78 is 0. The maximum absolute atomic E-state index is 12.4. The Morgan fingerprint density at radius 3 is 2.45 bits per heavy atom. The highest BCUT2D eigenvalue weighted by Crippen LogP contribution is 2.31. The molecule has 1 aromatic rings. The van der Waals surface area contributed by atoms with E-state index in [0.717, 1.165) is 29.7 Å². The van der Waals surface area contributed by atoms with Gasteiger partial charge in [0.1, 0.15) is 0 Å². The van der Waals surface area contributed by atoms with E-state index in [4.69, 9.17) is 0 Å². The predicted octanol–water partition coefficient (Wildman–Crippen LogP) is 3.13. The predicted molar refractivity (Wildman–Crippen MR) is 77.6 cm³/mol. The number of hydrogen-bond donors (Lipinski definition) is 2. The molecule has 1 fully saturated rings. The summed E-state index contributed by atoms with van der Waals surface area (Å²) in [6, 6.07) is 5.87. The Morgan fingerprint density at radius 2 is 1.80 bits per heavy atom. The minimum Gasteiger partial charge on any atom is -0.481 e. The van der Waals surface area contributed by atoms with Crippen LogP contribution in [0.5, 0.6) is 0 Å². The Labute approximate surface area is 119 Å². The number of nitrogens with one attached hydrogen (secondary N) is 1. The Balaban J connectivity index is 2.14. The standard InChI is InChI=1S/C16H21NO3/c1-10-7-8-11(2)14(9-10)17-15(18)12-5-3-4-6-13(12)16(19)20/h7-9,12-13H,3-6H2,1-2H3,(H,17,18)(H,19,20)/t12-,13-/m0/s1.